The molecule has 4 aromatic rings. The van der Waals surface area contributed by atoms with Gasteiger partial charge in [0.15, 0.2) is 0 Å². The first-order chi connectivity index (χ1) is 15.2. The number of hydrogen-bond acceptors (Lipinski definition) is 3. The number of anilines is 3. The minimum atomic E-state index is -0.254. The summed E-state index contributed by atoms with van der Waals surface area (Å²) in [5.74, 6) is -0.444. The lowest BCUT2D eigenvalue weighted by atomic mass is 10.1. The Morgan fingerprint density at radius 3 is 1.87 bits per heavy atom. The fourth-order valence-corrected chi connectivity index (χ4v) is 4.66. The maximum atomic E-state index is 13.8. The molecule has 150 valence electrons. The van der Waals surface area contributed by atoms with Crippen LogP contribution in [0.3, 0.4) is 0 Å². The molecule has 5 rings (SSSR count). The largest absolute Gasteiger partial charge is 0.321 e. The summed E-state index contributed by atoms with van der Waals surface area (Å²) < 4.78 is 0. The Kier molecular flexibility index (Phi) is 5.02. The number of carbonyl (C=O) groups excluding carboxylic acids is 2. The van der Waals surface area contributed by atoms with Crippen molar-refractivity contribution in [1.82, 2.24) is 0 Å². The lowest BCUT2D eigenvalue weighted by molar-refractivity contribution is 0.0999. The first-order valence-corrected chi connectivity index (χ1v) is 10.7. The molecule has 5 heteroatoms. The number of fused-ring (bicyclic) bond motifs is 2. The maximum absolute atomic E-state index is 13.8. The van der Waals surface area contributed by atoms with Crippen LogP contribution in [-0.2, 0) is 0 Å². The number of amides is 2. The summed E-state index contributed by atoms with van der Waals surface area (Å²) in [5, 5.41) is 2.90. The number of nitrogens with zero attached hydrogens (tertiary/aromatic N) is 1. The van der Waals surface area contributed by atoms with Crippen molar-refractivity contribution in [2.45, 2.75) is 9.79 Å². The molecule has 0 atom stereocenters. The van der Waals surface area contributed by atoms with E-state index in [0.29, 0.717) is 16.8 Å². The Labute approximate surface area is 184 Å². The van der Waals surface area contributed by atoms with E-state index in [1.165, 1.54) is 0 Å². The molecule has 0 bridgehead atoms. The van der Waals surface area contributed by atoms with Crippen LogP contribution >= 0.6 is 11.8 Å². The minimum Gasteiger partial charge on any atom is -0.321 e. The SMILES string of the molecule is O=C(Nc1ccccc1C(=O)N1c2ccccc2Sc2ccccc21)c1ccccc1. The molecule has 0 fully saturated rings. The van der Waals surface area contributed by atoms with Crippen LogP contribution in [0.2, 0.25) is 0 Å². The lowest BCUT2D eigenvalue weighted by Gasteiger charge is -2.31. The molecule has 0 spiro atoms. The van der Waals surface area contributed by atoms with Crippen molar-refractivity contribution in [2.24, 2.45) is 0 Å². The van der Waals surface area contributed by atoms with Gasteiger partial charge in [0.05, 0.1) is 22.6 Å². The molecule has 0 aromatic heterocycles. The Morgan fingerprint density at radius 2 is 1.19 bits per heavy atom. The second kappa shape index (κ2) is 8.13. The van der Waals surface area contributed by atoms with Crippen molar-refractivity contribution in [3.8, 4) is 0 Å². The van der Waals surface area contributed by atoms with Crippen LogP contribution in [0.15, 0.2) is 113 Å². The number of rotatable bonds is 3. The van der Waals surface area contributed by atoms with E-state index in [1.54, 1.807) is 40.9 Å². The third-order valence-corrected chi connectivity index (χ3v) is 6.21. The molecule has 1 aliphatic rings. The van der Waals surface area contributed by atoms with Gasteiger partial charge in [0.25, 0.3) is 11.8 Å². The summed E-state index contributed by atoms with van der Waals surface area (Å²) in [5.41, 5.74) is 3.12. The Bertz CT molecular complexity index is 1240. The highest BCUT2D eigenvalue weighted by Gasteiger charge is 2.30. The van der Waals surface area contributed by atoms with E-state index >= 15 is 0 Å². The van der Waals surface area contributed by atoms with Crippen LogP contribution in [0.5, 0.6) is 0 Å². The Morgan fingerprint density at radius 1 is 0.645 bits per heavy atom. The molecule has 0 unspecified atom stereocenters. The van der Waals surface area contributed by atoms with Gasteiger partial charge in [-0.2, -0.15) is 0 Å². The van der Waals surface area contributed by atoms with Crippen LogP contribution in [0, 0.1) is 0 Å². The van der Waals surface area contributed by atoms with E-state index < -0.39 is 0 Å². The standard InChI is InChI=1S/C26H18N2O2S/c29-25(18-10-2-1-3-11-18)27-20-13-5-4-12-19(20)26(30)28-21-14-6-8-16-23(21)31-24-17-9-7-15-22(24)28/h1-17H,(H,27,29). The van der Waals surface area contributed by atoms with E-state index in [9.17, 15) is 9.59 Å². The third-order valence-electron chi connectivity index (χ3n) is 5.08. The molecule has 2 amide bonds. The van der Waals surface area contributed by atoms with Gasteiger partial charge in [-0.15, -0.1) is 0 Å². The summed E-state index contributed by atoms with van der Waals surface area (Å²) in [7, 11) is 0. The van der Waals surface area contributed by atoms with Gasteiger partial charge in [-0.3, -0.25) is 14.5 Å². The first-order valence-electron chi connectivity index (χ1n) is 9.88. The molecular weight excluding hydrogens is 404 g/mol. The smallest absolute Gasteiger partial charge is 0.265 e. The second-order valence-corrected chi connectivity index (χ2v) is 8.13. The third kappa shape index (κ3) is 3.60. The second-order valence-electron chi connectivity index (χ2n) is 7.04. The molecule has 4 nitrogen and oxygen atoms in total. The van der Waals surface area contributed by atoms with Crippen LogP contribution in [-0.4, -0.2) is 11.8 Å². The average molecular weight is 423 g/mol. The summed E-state index contributed by atoms with van der Waals surface area (Å²) in [6, 6.07) is 31.8. The molecule has 1 heterocycles. The summed E-state index contributed by atoms with van der Waals surface area (Å²) in [6.45, 7) is 0. The van der Waals surface area contributed by atoms with E-state index in [-0.39, 0.29) is 11.8 Å². The molecule has 4 aromatic carbocycles. The molecule has 1 aliphatic heterocycles. The first kappa shape index (κ1) is 19.2. The summed E-state index contributed by atoms with van der Waals surface area (Å²) in [4.78, 5) is 30.3. The zero-order valence-corrected chi connectivity index (χ0v) is 17.3. The van der Waals surface area contributed by atoms with Crippen molar-refractivity contribution in [1.29, 1.82) is 0 Å². The van der Waals surface area contributed by atoms with Crippen molar-refractivity contribution in [3.63, 3.8) is 0 Å². The van der Waals surface area contributed by atoms with E-state index in [4.69, 9.17) is 0 Å². The van der Waals surface area contributed by atoms with E-state index in [0.717, 1.165) is 21.2 Å². The Balaban J connectivity index is 1.56. The average Bonchev–Trinajstić information content (AvgIpc) is 2.83. The number of hydrogen-bond donors (Lipinski definition) is 1. The zero-order valence-electron chi connectivity index (χ0n) is 16.5. The van der Waals surface area contributed by atoms with Crippen LogP contribution in [0.25, 0.3) is 0 Å². The molecule has 0 radical (unpaired) electrons. The normalized spacial score (nSPS) is 11.9. The van der Waals surface area contributed by atoms with E-state index in [2.05, 4.69) is 5.32 Å². The predicted molar refractivity (Wildman–Crippen MR) is 124 cm³/mol. The summed E-state index contributed by atoms with van der Waals surface area (Å²) >= 11 is 1.65. The van der Waals surface area contributed by atoms with Crippen LogP contribution < -0.4 is 10.2 Å². The number of para-hydroxylation sites is 3. The summed E-state index contributed by atoms with van der Waals surface area (Å²) in [6.07, 6.45) is 0. The molecule has 31 heavy (non-hydrogen) atoms. The topological polar surface area (TPSA) is 49.4 Å². The monoisotopic (exact) mass is 422 g/mol. The van der Waals surface area contributed by atoms with Crippen LogP contribution in [0.1, 0.15) is 20.7 Å². The fourth-order valence-electron chi connectivity index (χ4n) is 3.61. The lowest BCUT2D eigenvalue weighted by Crippen LogP contribution is -2.29. The molecule has 1 N–H and O–H groups in total. The highest BCUT2D eigenvalue weighted by atomic mass is 32.2. The van der Waals surface area contributed by atoms with Gasteiger partial charge < -0.3 is 5.32 Å². The van der Waals surface area contributed by atoms with Gasteiger partial charge in [0, 0.05) is 15.4 Å². The van der Waals surface area contributed by atoms with E-state index in [1.807, 2.05) is 78.9 Å². The number of benzene rings is 4. The molecule has 0 saturated heterocycles. The molecule has 0 saturated carbocycles. The van der Waals surface area contributed by atoms with Crippen molar-refractivity contribution >= 4 is 40.6 Å². The highest BCUT2D eigenvalue weighted by Crippen LogP contribution is 2.48. The number of carbonyl (C=O) groups is 2. The molecule has 0 aliphatic carbocycles. The maximum Gasteiger partial charge on any atom is 0.265 e. The number of nitrogens with one attached hydrogen (secondary N) is 1. The van der Waals surface area contributed by atoms with Crippen molar-refractivity contribution in [3.05, 3.63) is 114 Å². The quantitative estimate of drug-likeness (QED) is 0.417. The van der Waals surface area contributed by atoms with Gasteiger partial charge in [-0.05, 0) is 48.5 Å². The minimum absolute atomic E-state index is 0.191. The fraction of sp³-hybridized carbons (Fsp3) is 0. The highest BCUT2D eigenvalue weighted by molar-refractivity contribution is 7.99. The van der Waals surface area contributed by atoms with Gasteiger partial charge in [0.2, 0.25) is 0 Å². The molecular formula is C26H18N2O2S. The van der Waals surface area contributed by atoms with Crippen LogP contribution in [0.4, 0.5) is 17.1 Å². The van der Waals surface area contributed by atoms with Gasteiger partial charge in [-0.25, -0.2) is 0 Å². The van der Waals surface area contributed by atoms with Crippen molar-refractivity contribution in [2.75, 3.05) is 10.2 Å². The van der Waals surface area contributed by atoms with Gasteiger partial charge in [0.1, 0.15) is 0 Å². The predicted octanol–water partition coefficient (Wildman–Crippen LogP) is 6.38. The Hall–Kier alpha value is -3.83. The van der Waals surface area contributed by atoms with Crippen molar-refractivity contribution < 1.29 is 9.59 Å². The van der Waals surface area contributed by atoms with Gasteiger partial charge in [-0.1, -0.05) is 66.4 Å². The zero-order chi connectivity index (χ0) is 21.2. The van der Waals surface area contributed by atoms with Gasteiger partial charge >= 0.3 is 0 Å².